The van der Waals surface area contributed by atoms with Crippen LogP contribution in [0.3, 0.4) is 0 Å². The summed E-state index contributed by atoms with van der Waals surface area (Å²) in [5.74, 6) is 0. The van der Waals surface area contributed by atoms with E-state index >= 15 is 0 Å². The molecule has 0 aliphatic carbocycles. The van der Waals surface area contributed by atoms with Crippen molar-refractivity contribution in [3.63, 3.8) is 0 Å². The number of hydrogen-bond acceptors (Lipinski definition) is 2. The van der Waals surface area contributed by atoms with Crippen molar-refractivity contribution >= 4 is 11.8 Å². The average Bonchev–Trinajstić information content (AvgIpc) is 2.39. The Morgan fingerprint density at radius 1 is 1.40 bits per heavy atom. The van der Waals surface area contributed by atoms with Gasteiger partial charge in [-0.1, -0.05) is 6.07 Å². The Balaban J connectivity index is 2.31. The molecule has 1 aliphatic heterocycles. The topological polar surface area (TPSA) is 66.6 Å². The predicted octanol–water partition coefficient (Wildman–Crippen LogP) is 1.70. The molecule has 0 radical (unpaired) electrons. The van der Waals surface area contributed by atoms with Crippen LogP contribution < -0.4 is 5.73 Å². The van der Waals surface area contributed by atoms with E-state index in [1.807, 2.05) is 18.2 Å². The normalized spacial score (nSPS) is 15.6. The Labute approximate surface area is 88.3 Å². The molecular weight excluding hydrogens is 192 g/mol. The van der Waals surface area contributed by atoms with Crippen LogP contribution in [0.5, 0.6) is 0 Å². The Bertz CT molecular complexity index is 390. The lowest BCUT2D eigenvalue weighted by atomic mass is 10.0. The molecule has 0 saturated heterocycles. The van der Waals surface area contributed by atoms with Crippen molar-refractivity contribution in [2.75, 3.05) is 12.3 Å². The number of aryl methyl sites for hydroxylation is 1. The molecule has 1 aromatic carbocycles. The third-order valence-electron chi connectivity index (χ3n) is 2.74. The van der Waals surface area contributed by atoms with Crippen LogP contribution in [-0.2, 0) is 13.0 Å². The number of nitrogen functional groups attached to an aromatic ring is 1. The van der Waals surface area contributed by atoms with E-state index in [1.165, 1.54) is 10.5 Å². The minimum Gasteiger partial charge on any atom is -0.465 e. The van der Waals surface area contributed by atoms with E-state index in [2.05, 4.69) is 0 Å². The van der Waals surface area contributed by atoms with Gasteiger partial charge in [0.15, 0.2) is 0 Å². The van der Waals surface area contributed by atoms with Crippen LogP contribution >= 0.6 is 0 Å². The molecule has 0 atom stereocenters. The van der Waals surface area contributed by atoms with Crippen LogP contribution in [0.25, 0.3) is 0 Å². The van der Waals surface area contributed by atoms with Gasteiger partial charge in [-0.2, -0.15) is 0 Å². The first-order chi connectivity index (χ1) is 7.16. The second-order valence-corrected chi connectivity index (χ2v) is 3.84. The van der Waals surface area contributed by atoms with Gasteiger partial charge in [0.25, 0.3) is 0 Å². The second kappa shape index (κ2) is 3.81. The van der Waals surface area contributed by atoms with E-state index in [-0.39, 0.29) is 0 Å². The number of carbonyl (C=O) groups is 1. The highest BCUT2D eigenvalue weighted by atomic mass is 16.4. The number of nitrogens with zero attached hydrogens (tertiary/aromatic N) is 1. The minimum absolute atomic E-state index is 0.454. The molecule has 4 heteroatoms. The van der Waals surface area contributed by atoms with Gasteiger partial charge in [0.2, 0.25) is 0 Å². The number of carboxylic acid groups (broad SMARTS) is 1. The Hall–Kier alpha value is -1.71. The molecule has 4 nitrogen and oxygen atoms in total. The van der Waals surface area contributed by atoms with E-state index in [1.54, 1.807) is 0 Å². The molecule has 0 spiro atoms. The fourth-order valence-corrected chi connectivity index (χ4v) is 1.95. The summed E-state index contributed by atoms with van der Waals surface area (Å²) in [6.45, 7) is 1.06. The molecule has 1 amide bonds. The zero-order valence-corrected chi connectivity index (χ0v) is 8.44. The van der Waals surface area contributed by atoms with Crippen LogP contribution in [0.15, 0.2) is 18.2 Å². The summed E-state index contributed by atoms with van der Waals surface area (Å²) in [7, 11) is 0. The number of anilines is 1. The lowest BCUT2D eigenvalue weighted by molar-refractivity contribution is 0.143. The van der Waals surface area contributed by atoms with Gasteiger partial charge < -0.3 is 15.7 Å². The summed E-state index contributed by atoms with van der Waals surface area (Å²) in [5.41, 5.74) is 8.64. The first-order valence-electron chi connectivity index (χ1n) is 5.02. The molecule has 1 heterocycles. The molecule has 1 aliphatic rings. The van der Waals surface area contributed by atoms with Crippen LogP contribution in [0.4, 0.5) is 10.5 Å². The molecule has 3 N–H and O–H groups in total. The van der Waals surface area contributed by atoms with E-state index < -0.39 is 6.09 Å². The summed E-state index contributed by atoms with van der Waals surface area (Å²) in [5, 5.41) is 8.95. The summed E-state index contributed by atoms with van der Waals surface area (Å²) < 4.78 is 0. The SMILES string of the molecule is Nc1ccc2c(c1)CN(C(=O)O)CCC2. The van der Waals surface area contributed by atoms with Crippen LogP contribution in [0, 0.1) is 0 Å². The molecule has 0 bridgehead atoms. The summed E-state index contributed by atoms with van der Waals surface area (Å²) in [6.07, 6.45) is 0.952. The standard InChI is InChI=1S/C11H14N2O2/c12-10-4-3-8-2-1-5-13(11(14)15)7-9(8)6-10/h3-4,6H,1-2,5,7,12H2,(H,14,15). The zero-order chi connectivity index (χ0) is 10.8. The number of benzene rings is 1. The maximum Gasteiger partial charge on any atom is 0.407 e. The first kappa shape index (κ1) is 9.83. The highest BCUT2D eigenvalue weighted by Crippen LogP contribution is 2.21. The van der Waals surface area contributed by atoms with E-state index in [0.717, 1.165) is 18.4 Å². The number of rotatable bonds is 0. The van der Waals surface area contributed by atoms with Crippen LogP contribution in [0.2, 0.25) is 0 Å². The summed E-state index contributed by atoms with van der Waals surface area (Å²) in [6, 6.07) is 5.74. The highest BCUT2D eigenvalue weighted by molar-refractivity contribution is 5.65. The highest BCUT2D eigenvalue weighted by Gasteiger charge is 2.17. The smallest absolute Gasteiger partial charge is 0.407 e. The average molecular weight is 206 g/mol. The van der Waals surface area contributed by atoms with Crippen molar-refractivity contribution in [3.8, 4) is 0 Å². The zero-order valence-electron chi connectivity index (χ0n) is 8.44. The van der Waals surface area contributed by atoms with E-state index in [9.17, 15) is 4.79 Å². The molecule has 1 aromatic rings. The Morgan fingerprint density at radius 2 is 2.20 bits per heavy atom. The van der Waals surface area contributed by atoms with Gasteiger partial charge >= 0.3 is 6.09 Å². The van der Waals surface area contributed by atoms with Gasteiger partial charge in [-0.05, 0) is 36.1 Å². The fraction of sp³-hybridized carbons (Fsp3) is 0.364. The van der Waals surface area contributed by atoms with Crippen molar-refractivity contribution in [3.05, 3.63) is 29.3 Å². The van der Waals surface area contributed by atoms with E-state index in [4.69, 9.17) is 10.8 Å². The first-order valence-corrected chi connectivity index (χ1v) is 5.02. The van der Waals surface area contributed by atoms with Gasteiger partial charge in [-0.3, -0.25) is 0 Å². The van der Waals surface area contributed by atoms with Gasteiger partial charge in [-0.25, -0.2) is 4.79 Å². The maximum absolute atomic E-state index is 10.9. The van der Waals surface area contributed by atoms with Crippen molar-refractivity contribution in [1.29, 1.82) is 0 Å². The lowest BCUT2D eigenvalue weighted by Crippen LogP contribution is -2.28. The summed E-state index contributed by atoms with van der Waals surface area (Å²) >= 11 is 0. The van der Waals surface area contributed by atoms with Crippen molar-refractivity contribution in [1.82, 2.24) is 4.90 Å². The van der Waals surface area contributed by atoms with Gasteiger partial charge in [0, 0.05) is 18.8 Å². The van der Waals surface area contributed by atoms with Gasteiger partial charge in [-0.15, -0.1) is 0 Å². The van der Waals surface area contributed by atoms with Crippen molar-refractivity contribution < 1.29 is 9.90 Å². The maximum atomic E-state index is 10.9. The molecule has 15 heavy (non-hydrogen) atoms. The van der Waals surface area contributed by atoms with Crippen molar-refractivity contribution in [2.45, 2.75) is 19.4 Å². The lowest BCUT2D eigenvalue weighted by Gasteiger charge is -2.16. The molecule has 0 fully saturated rings. The van der Waals surface area contributed by atoms with Crippen LogP contribution in [0.1, 0.15) is 17.5 Å². The number of amides is 1. The molecule has 80 valence electrons. The minimum atomic E-state index is -0.856. The third kappa shape index (κ3) is 2.03. The monoisotopic (exact) mass is 206 g/mol. The number of fused-ring (bicyclic) bond motifs is 1. The van der Waals surface area contributed by atoms with Crippen molar-refractivity contribution in [2.24, 2.45) is 0 Å². The van der Waals surface area contributed by atoms with Gasteiger partial charge in [0.05, 0.1) is 0 Å². The summed E-state index contributed by atoms with van der Waals surface area (Å²) in [4.78, 5) is 12.3. The molecule has 2 rings (SSSR count). The second-order valence-electron chi connectivity index (χ2n) is 3.84. The van der Waals surface area contributed by atoms with E-state index in [0.29, 0.717) is 18.8 Å². The molecule has 0 aromatic heterocycles. The third-order valence-corrected chi connectivity index (χ3v) is 2.74. The van der Waals surface area contributed by atoms with Crippen LogP contribution in [-0.4, -0.2) is 22.6 Å². The van der Waals surface area contributed by atoms with Gasteiger partial charge in [0.1, 0.15) is 0 Å². The Kier molecular flexibility index (Phi) is 2.49. The number of hydrogen-bond donors (Lipinski definition) is 2. The fourth-order valence-electron chi connectivity index (χ4n) is 1.95. The predicted molar refractivity (Wildman–Crippen MR) is 57.6 cm³/mol. The molecular formula is C11H14N2O2. The molecule has 0 unspecified atom stereocenters. The molecule has 0 saturated carbocycles. The largest absolute Gasteiger partial charge is 0.465 e. The number of nitrogens with two attached hydrogens (primary N) is 1. The quantitative estimate of drug-likeness (QED) is 0.635. The Morgan fingerprint density at radius 3 is 2.93 bits per heavy atom.